The Hall–Kier alpha value is -2.44. The van der Waals surface area contributed by atoms with Crippen LogP contribution in [0.25, 0.3) is 0 Å². The number of aromatic hydroxyl groups is 1. The van der Waals surface area contributed by atoms with E-state index in [-0.39, 0.29) is 5.75 Å². The fourth-order valence-corrected chi connectivity index (χ4v) is 1.72. The third-order valence-electron chi connectivity index (χ3n) is 2.79. The minimum Gasteiger partial charge on any atom is -0.504 e. The molecule has 4 nitrogen and oxygen atoms in total. The van der Waals surface area contributed by atoms with Crippen LogP contribution >= 0.6 is 0 Å². The Balaban J connectivity index is 2.01. The van der Waals surface area contributed by atoms with Gasteiger partial charge in [0.15, 0.2) is 11.5 Å². The van der Waals surface area contributed by atoms with Gasteiger partial charge in [-0.15, -0.1) is 0 Å². The van der Waals surface area contributed by atoms with Crippen molar-refractivity contribution >= 4 is 5.69 Å². The number of alkyl halides is 3. The van der Waals surface area contributed by atoms with Crippen molar-refractivity contribution < 1.29 is 23.0 Å². The lowest BCUT2D eigenvalue weighted by Gasteiger charge is -2.10. The summed E-state index contributed by atoms with van der Waals surface area (Å²) in [7, 11) is 1.45. The summed E-state index contributed by atoms with van der Waals surface area (Å²) in [6.07, 6.45) is -3.33. The molecule has 1 aromatic heterocycles. The van der Waals surface area contributed by atoms with Crippen LogP contribution in [-0.4, -0.2) is 17.2 Å². The quantitative estimate of drug-likeness (QED) is 0.908. The van der Waals surface area contributed by atoms with Gasteiger partial charge < -0.3 is 15.2 Å². The van der Waals surface area contributed by atoms with Crippen molar-refractivity contribution in [2.24, 2.45) is 0 Å². The lowest BCUT2D eigenvalue weighted by molar-refractivity contribution is -0.141. The molecule has 2 aromatic rings. The second-order valence-electron chi connectivity index (χ2n) is 4.29. The molecular weight excluding hydrogens is 285 g/mol. The summed E-state index contributed by atoms with van der Waals surface area (Å²) in [5.41, 5.74) is 0.279. The number of pyridine rings is 1. The number of anilines is 1. The Labute approximate surface area is 119 Å². The molecule has 112 valence electrons. The summed E-state index contributed by atoms with van der Waals surface area (Å²) >= 11 is 0. The molecule has 0 spiro atoms. The minimum absolute atomic E-state index is 0.00217. The van der Waals surface area contributed by atoms with Crippen LogP contribution in [0.15, 0.2) is 36.5 Å². The molecule has 7 heteroatoms. The predicted octanol–water partition coefficient (Wildman–Crippen LogP) is 3.43. The molecule has 0 aliphatic rings. The zero-order valence-corrected chi connectivity index (χ0v) is 11.1. The maximum absolute atomic E-state index is 12.4. The van der Waals surface area contributed by atoms with Gasteiger partial charge in [-0.1, -0.05) is 6.07 Å². The Morgan fingerprint density at radius 2 is 2.00 bits per heavy atom. The first-order chi connectivity index (χ1) is 9.90. The monoisotopic (exact) mass is 298 g/mol. The van der Waals surface area contributed by atoms with Crippen molar-refractivity contribution in [3.05, 3.63) is 47.8 Å². The lowest BCUT2D eigenvalue weighted by Crippen LogP contribution is -2.08. The first-order valence-electron chi connectivity index (χ1n) is 6.03. The summed E-state index contributed by atoms with van der Waals surface area (Å²) in [4.78, 5) is 3.35. The predicted molar refractivity (Wildman–Crippen MR) is 71.2 cm³/mol. The van der Waals surface area contributed by atoms with Gasteiger partial charge in [0.2, 0.25) is 0 Å². The van der Waals surface area contributed by atoms with Crippen molar-refractivity contribution in [3.8, 4) is 11.5 Å². The highest BCUT2D eigenvalue weighted by Crippen LogP contribution is 2.28. The molecule has 0 atom stereocenters. The largest absolute Gasteiger partial charge is 0.504 e. The average molecular weight is 298 g/mol. The minimum atomic E-state index is -4.44. The number of rotatable bonds is 4. The SMILES string of the molecule is COc1ccc(CNc2ccc(C(F)(F)F)nc2)cc1O. The number of nitrogens with one attached hydrogen (secondary N) is 1. The Morgan fingerprint density at radius 3 is 2.52 bits per heavy atom. The fourth-order valence-electron chi connectivity index (χ4n) is 1.72. The maximum Gasteiger partial charge on any atom is 0.433 e. The number of aromatic nitrogens is 1. The molecule has 0 fully saturated rings. The van der Waals surface area contributed by atoms with Gasteiger partial charge in [0.25, 0.3) is 0 Å². The number of hydrogen-bond donors (Lipinski definition) is 2. The van der Waals surface area contributed by atoms with Gasteiger partial charge in [0, 0.05) is 6.54 Å². The molecule has 1 aromatic carbocycles. The molecule has 0 amide bonds. The average Bonchev–Trinajstić information content (AvgIpc) is 2.45. The van der Waals surface area contributed by atoms with Crippen LogP contribution in [-0.2, 0) is 12.7 Å². The van der Waals surface area contributed by atoms with Gasteiger partial charge in [-0.3, -0.25) is 0 Å². The van der Waals surface area contributed by atoms with Crippen LogP contribution in [0, 0.1) is 0 Å². The molecule has 0 saturated carbocycles. The molecule has 0 unspecified atom stereocenters. The van der Waals surface area contributed by atoms with E-state index in [0.717, 1.165) is 17.8 Å². The Bertz CT molecular complexity index is 613. The van der Waals surface area contributed by atoms with Gasteiger partial charge in [0.05, 0.1) is 19.0 Å². The topological polar surface area (TPSA) is 54.4 Å². The van der Waals surface area contributed by atoms with E-state index < -0.39 is 11.9 Å². The molecule has 0 bridgehead atoms. The van der Waals surface area contributed by atoms with Gasteiger partial charge in [0.1, 0.15) is 5.69 Å². The van der Waals surface area contributed by atoms with E-state index in [4.69, 9.17) is 4.74 Å². The first kappa shape index (κ1) is 15.0. The number of phenolic OH excluding ortho intramolecular Hbond substituents is 1. The molecule has 2 rings (SSSR count). The summed E-state index contributed by atoms with van der Waals surface area (Å²) < 4.78 is 42.0. The summed E-state index contributed by atoms with van der Waals surface area (Å²) in [6, 6.07) is 7.08. The van der Waals surface area contributed by atoms with Crippen LogP contribution in [0.2, 0.25) is 0 Å². The second kappa shape index (κ2) is 5.90. The van der Waals surface area contributed by atoms with Crippen LogP contribution < -0.4 is 10.1 Å². The van der Waals surface area contributed by atoms with Gasteiger partial charge in [-0.05, 0) is 29.8 Å². The van der Waals surface area contributed by atoms with Crippen LogP contribution in [0.3, 0.4) is 0 Å². The summed E-state index contributed by atoms with van der Waals surface area (Å²) in [5.74, 6) is 0.359. The molecule has 0 saturated heterocycles. The van der Waals surface area contributed by atoms with Crippen molar-refractivity contribution in [1.29, 1.82) is 0 Å². The normalized spacial score (nSPS) is 11.2. The number of hydrogen-bond acceptors (Lipinski definition) is 4. The van der Waals surface area contributed by atoms with E-state index in [9.17, 15) is 18.3 Å². The standard InChI is InChI=1S/C14H13F3N2O2/c1-21-12-4-2-9(6-11(12)20)7-18-10-3-5-13(19-8-10)14(15,16)17/h2-6,8,18,20H,7H2,1H3. The van der Waals surface area contributed by atoms with Crippen LogP contribution in [0.1, 0.15) is 11.3 Å². The van der Waals surface area contributed by atoms with Gasteiger partial charge in [-0.2, -0.15) is 13.2 Å². The number of phenols is 1. The zero-order valence-electron chi connectivity index (χ0n) is 11.1. The number of ether oxygens (including phenoxy) is 1. The lowest BCUT2D eigenvalue weighted by atomic mass is 10.2. The van der Waals surface area contributed by atoms with E-state index in [1.165, 1.54) is 19.2 Å². The fraction of sp³-hybridized carbons (Fsp3) is 0.214. The molecule has 0 aliphatic heterocycles. The molecule has 1 heterocycles. The van der Waals surface area contributed by atoms with Crippen molar-refractivity contribution in [2.45, 2.75) is 12.7 Å². The number of halogens is 3. The van der Waals surface area contributed by atoms with Crippen LogP contribution in [0.4, 0.5) is 18.9 Å². The number of benzene rings is 1. The van der Waals surface area contributed by atoms with Crippen molar-refractivity contribution in [2.75, 3.05) is 12.4 Å². The zero-order chi connectivity index (χ0) is 15.5. The highest BCUT2D eigenvalue weighted by Gasteiger charge is 2.31. The van der Waals surface area contributed by atoms with E-state index in [1.54, 1.807) is 12.1 Å². The molecule has 2 N–H and O–H groups in total. The number of methoxy groups -OCH3 is 1. The highest BCUT2D eigenvalue weighted by molar-refractivity contribution is 5.45. The Kier molecular flexibility index (Phi) is 4.21. The summed E-state index contributed by atoms with van der Waals surface area (Å²) in [5, 5.41) is 12.5. The smallest absolute Gasteiger partial charge is 0.433 e. The van der Waals surface area contributed by atoms with E-state index in [2.05, 4.69) is 10.3 Å². The van der Waals surface area contributed by atoms with E-state index >= 15 is 0 Å². The number of nitrogens with zero attached hydrogens (tertiary/aromatic N) is 1. The molecular formula is C14H13F3N2O2. The van der Waals surface area contributed by atoms with Crippen molar-refractivity contribution in [1.82, 2.24) is 4.98 Å². The van der Waals surface area contributed by atoms with Crippen LogP contribution in [0.5, 0.6) is 11.5 Å². The molecule has 0 aliphatic carbocycles. The highest BCUT2D eigenvalue weighted by atomic mass is 19.4. The Morgan fingerprint density at radius 1 is 1.24 bits per heavy atom. The van der Waals surface area contributed by atoms with E-state index in [0.29, 0.717) is 18.0 Å². The summed E-state index contributed by atoms with van der Waals surface area (Å²) in [6.45, 7) is 0.338. The molecule has 0 radical (unpaired) electrons. The third-order valence-corrected chi connectivity index (χ3v) is 2.79. The second-order valence-corrected chi connectivity index (χ2v) is 4.29. The third kappa shape index (κ3) is 3.77. The van der Waals surface area contributed by atoms with Gasteiger partial charge in [-0.25, -0.2) is 4.98 Å². The van der Waals surface area contributed by atoms with Gasteiger partial charge >= 0.3 is 6.18 Å². The molecule has 21 heavy (non-hydrogen) atoms. The van der Waals surface area contributed by atoms with E-state index in [1.807, 2.05) is 0 Å². The maximum atomic E-state index is 12.4. The first-order valence-corrected chi connectivity index (χ1v) is 6.03. The van der Waals surface area contributed by atoms with Crippen molar-refractivity contribution in [3.63, 3.8) is 0 Å².